The molecule has 2 N–H and O–H groups in total. The molecule has 2 aromatic carbocycles. The molecule has 0 aliphatic heterocycles. The molecular formula is C27H40O2. The fraction of sp³-hybridized carbons (Fsp3) is 0.556. The van der Waals surface area contributed by atoms with E-state index in [-0.39, 0.29) is 22.2 Å². The lowest BCUT2D eigenvalue weighted by Gasteiger charge is -2.36. The molecule has 160 valence electrons. The molecule has 2 nitrogen and oxygen atoms in total. The molecule has 29 heavy (non-hydrogen) atoms. The number of rotatable bonds is 2. The van der Waals surface area contributed by atoms with Crippen LogP contribution in [0, 0.1) is 19.3 Å². The maximum Gasteiger partial charge on any atom is 0.119 e. The van der Waals surface area contributed by atoms with Crippen molar-refractivity contribution in [2.24, 2.45) is 5.41 Å². The van der Waals surface area contributed by atoms with Gasteiger partial charge in [-0.05, 0) is 75.6 Å². The van der Waals surface area contributed by atoms with Gasteiger partial charge in [0.2, 0.25) is 0 Å². The summed E-state index contributed by atoms with van der Waals surface area (Å²) in [5, 5.41) is 21.2. The summed E-state index contributed by atoms with van der Waals surface area (Å²) in [6, 6.07) is 8.22. The molecule has 0 aromatic heterocycles. The first-order chi connectivity index (χ1) is 12.9. The highest BCUT2D eigenvalue weighted by atomic mass is 16.3. The summed E-state index contributed by atoms with van der Waals surface area (Å²) in [6.07, 6.45) is 0. The van der Waals surface area contributed by atoms with Crippen LogP contribution in [0.2, 0.25) is 0 Å². The lowest BCUT2D eigenvalue weighted by Crippen LogP contribution is -2.24. The minimum atomic E-state index is -0.143. The topological polar surface area (TPSA) is 40.5 Å². The summed E-state index contributed by atoms with van der Waals surface area (Å²) in [7, 11) is 0. The van der Waals surface area contributed by atoms with Crippen molar-refractivity contribution in [1.29, 1.82) is 0 Å². The van der Waals surface area contributed by atoms with Crippen molar-refractivity contribution in [3.8, 4) is 11.5 Å². The third-order valence-electron chi connectivity index (χ3n) is 5.87. The van der Waals surface area contributed by atoms with Gasteiger partial charge in [0.25, 0.3) is 0 Å². The van der Waals surface area contributed by atoms with Gasteiger partial charge >= 0.3 is 0 Å². The molecular weight excluding hydrogens is 356 g/mol. The average Bonchev–Trinajstić information content (AvgIpc) is 2.47. The maximum absolute atomic E-state index is 10.6. The number of benzene rings is 2. The Hall–Kier alpha value is -1.96. The molecule has 2 rings (SSSR count). The zero-order valence-corrected chi connectivity index (χ0v) is 20.3. The van der Waals surface area contributed by atoms with Gasteiger partial charge in [-0.3, -0.25) is 0 Å². The molecule has 0 aliphatic rings. The summed E-state index contributed by atoms with van der Waals surface area (Å²) in [5.74, 6) is 0.874. The van der Waals surface area contributed by atoms with Crippen LogP contribution >= 0.6 is 0 Å². The average molecular weight is 397 g/mol. The van der Waals surface area contributed by atoms with Gasteiger partial charge in [-0.2, -0.15) is 0 Å². The SMILES string of the molecule is Cc1cc(O)c(C(C)(C)C)cc1C(c1cc(C(C)(C)C)c(O)cc1C)C(C)(C)C. The van der Waals surface area contributed by atoms with Gasteiger partial charge in [0.1, 0.15) is 11.5 Å². The monoisotopic (exact) mass is 396 g/mol. The molecule has 0 heterocycles. The number of aryl methyl sites for hydroxylation is 2. The van der Waals surface area contributed by atoms with Crippen LogP contribution in [0.15, 0.2) is 24.3 Å². The number of hydrogen-bond donors (Lipinski definition) is 2. The molecule has 0 saturated heterocycles. The highest BCUT2D eigenvalue weighted by Gasteiger charge is 2.33. The van der Waals surface area contributed by atoms with Crippen LogP contribution in [-0.4, -0.2) is 10.2 Å². The number of phenols is 2. The standard InChI is InChI=1S/C27H40O2/c1-16-12-22(28)20(25(3,4)5)14-18(16)24(27(9,10)11)19-15-21(26(6,7)8)23(29)13-17(19)2/h12-15,24,28-29H,1-11H3. The number of phenolic OH excluding ortho intramolecular Hbond substituents is 2. The highest BCUT2D eigenvalue weighted by Crippen LogP contribution is 2.47. The van der Waals surface area contributed by atoms with E-state index in [0.717, 1.165) is 22.3 Å². The molecule has 2 aromatic rings. The first-order valence-corrected chi connectivity index (χ1v) is 10.6. The quantitative estimate of drug-likeness (QED) is 0.552. The first kappa shape index (κ1) is 23.3. The summed E-state index contributed by atoms with van der Waals surface area (Å²) < 4.78 is 0. The molecule has 0 fully saturated rings. The van der Waals surface area contributed by atoms with Gasteiger partial charge in [-0.1, -0.05) is 74.4 Å². The predicted octanol–water partition coefficient (Wildman–Crippen LogP) is 7.49. The van der Waals surface area contributed by atoms with Crippen LogP contribution in [0.4, 0.5) is 0 Å². The van der Waals surface area contributed by atoms with Gasteiger partial charge in [0.15, 0.2) is 0 Å². The van der Waals surface area contributed by atoms with E-state index in [1.807, 2.05) is 12.1 Å². The lowest BCUT2D eigenvalue weighted by atomic mass is 9.68. The third kappa shape index (κ3) is 4.79. The Morgan fingerprint density at radius 2 is 0.897 bits per heavy atom. The minimum absolute atomic E-state index is 0.0340. The van der Waals surface area contributed by atoms with Crippen LogP contribution in [0.25, 0.3) is 0 Å². The Morgan fingerprint density at radius 1 is 0.586 bits per heavy atom. The van der Waals surface area contributed by atoms with Crippen molar-refractivity contribution in [3.05, 3.63) is 57.6 Å². The molecule has 0 unspecified atom stereocenters. The van der Waals surface area contributed by atoms with Crippen molar-refractivity contribution >= 4 is 0 Å². The second-order valence-electron chi connectivity index (χ2n) is 11.8. The maximum atomic E-state index is 10.6. The number of aromatic hydroxyl groups is 2. The van der Waals surface area contributed by atoms with Crippen LogP contribution in [0.1, 0.15) is 102 Å². The van der Waals surface area contributed by atoms with Gasteiger partial charge in [-0.25, -0.2) is 0 Å². The molecule has 0 radical (unpaired) electrons. The van der Waals surface area contributed by atoms with E-state index < -0.39 is 0 Å². The molecule has 0 bridgehead atoms. The highest BCUT2D eigenvalue weighted by molar-refractivity contribution is 5.53. The Bertz CT molecular complexity index is 831. The summed E-state index contributed by atoms with van der Waals surface area (Å²) in [6.45, 7) is 23.8. The van der Waals surface area contributed by atoms with Gasteiger partial charge < -0.3 is 10.2 Å². The van der Waals surface area contributed by atoms with Crippen LogP contribution in [-0.2, 0) is 10.8 Å². The number of hydrogen-bond acceptors (Lipinski definition) is 2. The summed E-state index contributed by atoms with van der Waals surface area (Å²) in [4.78, 5) is 0. The predicted molar refractivity (Wildman–Crippen MR) is 124 cm³/mol. The molecule has 0 amide bonds. The molecule has 2 heteroatoms. The summed E-state index contributed by atoms with van der Waals surface area (Å²) in [5.41, 5.74) is 6.31. The zero-order chi connectivity index (χ0) is 22.5. The van der Waals surface area contributed by atoms with Crippen molar-refractivity contribution in [2.45, 2.75) is 92.9 Å². The lowest BCUT2D eigenvalue weighted by molar-refractivity contribution is 0.354. The van der Waals surface area contributed by atoms with Crippen molar-refractivity contribution in [1.82, 2.24) is 0 Å². The van der Waals surface area contributed by atoms with E-state index in [9.17, 15) is 10.2 Å². The molecule has 0 aliphatic carbocycles. The Kier molecular flexibility index (Phi) is 5.93. The van der Waals surface area contributed by atoms with E-state index in [0.29, 0.717) is 11.5 Å². The first-order valence-electron chi connectivity index (χ1n) is 10.6. The fourth-order valence-corrected chi connectivity index (χ4v) is 4.34. The normalized spacial score (nSPS) is 13.2. The third-order valence-corrected chi connectivity index (χ3v) is 5.87. The van der Waals surface area contributed by atoms with Crippen LogP contribution < -0.4 is 0 Å². The Morgan fingerprint density at radius 3 is 1.14 bits per heavy atom. The van der Waals surface area contributed by atoms with E-state index in [1.54, 1.807) is 0 Å². The van der Waals surface area contributed by atoms with E-state index >= 15 is 0 Å². The van der Waals surface area contributed by atoms with Crippen LogP contribution in [0.3, 0.4) is 0 Å². The van der Waals surface area contributed by atoms with E-state index in [2.05, 4.69) is 88.3 Å². The van der Waals surface area contributed by atoms with Crippen molar-refractivity contribution in [2.75, 3.05) is 0 Å². The Labute approximate surface area is 178 Å². The molecule has 0 saturated carbocycles. The van der Waals surface area contributed by atoms with Gasteiger partial charge in [0.05, 0.1) is 0 Å². The largest absolute Gasteiger partial charge is 0.508 e. The van der Waals surface area contributed by atoms with E-state index in [4.69, 9.17) is 0 Å². The van der Waals surface area contributed by atoms with Gasteiger partial charge in [-0.15, -0.1) is 0 Å². The second-order valence-corrected chi connectivity index (χ2v) is 11.8. The second kappa shape index (κ2) is 7.38. The molecule has 0 atom stereocenters. The zero-order valence-electron chi connectivity index (χ0n) is 20.3. The van der Waals surface area contributed by atoms with Crippen molar-refractivity contribution < 1.29 is 10.2 Å². The fourth-order valence-electron chi connectivity index (χ4n) is 4.34. The van der Waals surface area contributed by atoms with Crippen molar-refractivity contribution in [3.63, 3.8) is 0 Å². The van der Waals surface area contributed by atoms with Gasteiger partial charge in [0, 0.05) is 5.92 Å². The smallest absolute Gasteiger partial charge is 0.119 e. The Balaban J connectivity index is 2.87. The molecule has 0 spiro atoms. The summed E-state index contributed by atoms with van der Waals surface area (Å²) >= 11 is 0. The van der Waals surface area contributed by atoms with Crippen LogP contribution in [0.5, 0.6) is 11.5 Å². The minimum Gasteiger partial charge on any atom is -0.508 e. The van der Waals surface area contributed by atoms with E-state index in [1.165, 1.54) is 11.1 Å².